The maximum atomic E-state index is 11.8. The summed E-state index contributed by atoms with van der Waals surface area (Å²) in [4.78, 5) is 24.3. The van der Waals surface area contributed by atoms with Crippen molar-refractivity contribution in [2.75, 3.05) is 18.1 Å². The van der Waals surface area contributed by atoms with Crippen molar-refractivity contribution in [2.45, 2.75) is 12.8 Å². The largest absolute Gasteiger partial charge is 0.493 e. The fourth-order valence-corrected chi connectivity index (χ4v) is 2.46. The number of nitrogens with zero attached hydrogens (tertiary/aromatic N) is 1. The predicted octanol–water partition coefficient (Wildman–Crippen LogP) is 1.06. The standard InChI is InChI=1S/C13H13NO4/c15-12-6-9(13(16)17)7-14(12)10-1-2-11-8(5-10)3-4-18-11/h1-2,5,9H,3-4,6-7H2,(H,16,17). The lowest BCUT2D eigenvalue weighted by Crippen LogP contribution is -2.25. The van der Waals surface area contributed by atoms with Crippen LogP contribution < -0.4 is 9.64 Å². The molecule has 5 nitrogen and oxygen atoms in total. The number of aliphatic carboxylic acids is 1. The number of benzene rings is 1. The molecule has 1 aromatic carbocycles. The third-order valence-corrected chi connectivity index (χ3v) is 3.46. The molecule has 1 atom stereocenters. The minimum atomic E-state index is -0.907. The van der Waals surface area contributed by atoms with Gasteiger partial charge in [-0.1, -0.05) is 0 Å². The molecule has 1 unspecified atom stereocenters. The number of rotatable bonds is 2. The van der Waals surface area contributed by atoms with E-state index in [-0.39, 0.29) is 18.9 Å². The molecule has 0 aliphatic carbocycles. The van der Waals surface area contributed by atoms with E-state index in [0.29, 0.717) is 6.61 Å². The lowest BCUT2D eigenvalue weighted by molar-refractivity contribution is -0.141. The Morgan fingerprint density at radius 1 is 1.44 bits per heavy atom. The molecule has 1 amide bonds. The zero-order valence-corrected chi connectivity index (χ0v) is 9.76. The molecule has 18 heavy (non-hydrogen) atoms. The molecule has 1 aromatic rings. The molecular weight excluding hydrogens is 234 g/mol. The van der Waals surface area contributed by atoms with Gasteiger partial charge in [0.1, 0.15) is 5.75 Å². The second-order valence-electron chi connectivity index (χ2n) is 4.63. The van der Waals surface area contributed by atoms with Crippen LogP contribution in [-0.2, 0) is 16.0 Å². The molecule has 0 saturated carbocycles. The topological polar surface area (TPSA) is 66.8 Å². The van der Waals surface area contributed by atoms with Crippen molar-refractivity contribution in [3.05, 3.63) is 23.8 Å². The molecule has 1 fully saturated rings. The second kappa shape index (κ2) is 4.01. The van der Waals surface area contributed by atoms with Crippen molar-refractivity contribution in [3.63, 3.8) is 0 Å². The number of carboxylic acid groups (broad SMARTS) is 1. The summed E-state index contributed by atoms with van der Waals surface area (Å²) in [5, 5.41) is 8.95. The first kappa shape index (κ1) is 11.1. The fraction of sp³-hybridized carbons (Fsp3) is 0.385. The molecule has 94 valence electrons. The highest BCUT2D eigenvalue weighted by atomic mass is 16.5. The van der Waals surface area contributed by atoms with Crippen LogP contribution in [0.15, 0.2) is 18.2 Å². The molecule has 5 heteroatoms. The molecule has 1 saturated heterocycles. The molecule has 0 aromatic heterocycles. The summed E-state index contributed by atoms with van der Waals surface area (Å²) in [6.45, 7) is 0.929. The molecule has 2 aliphatic heterocycles. The van der Waals surface area contributed by atoms with Gasteiger partial charge in [-0.2, -0.15) is 0 Å². The van der Waals surface area contributed by atoms with E-state index in [0.717, 1.165) is 23.4 Å². The smallest absolute Gasteiger partial charge is 0.308 e. The van der Waals surface area contributed by atoms with E-state index in [1.54, 1.807) is 4.90 Å². The maximum absolute atomic E-state index is 11.8. The molecule has 0 bridgehead atoms. The summed E-state index contributed by atoms with van der Waals surface area (Å²) in [5.74, 6) is -0.765. The summed E-state index contributed by atoms with van der Waals surface area (Å²) in [6, 6.07) is 5.58. The Labute approximate surface area is 104 Å². The Morgan fingerprint density at radius 3 is 3.00 bits per heavy atom. The first-order valence-electron chi connectivity index (χ1n) is 5.94. The highest BCUT2D eigenvalue weighted by Crippen LogP contribution is 2.32. The van der Waals surface area contributed by atoms with Crippen LogP contribution in [0, 0.1) is 5.92 Å². The third kappa shape index (κ3) is 1.72. The van der Waals surface area contributed by atoms with E-state index in [2.05, 4.69) is 0 Å². The number of carboxylic acids is 1. The Hall–Kier alpha value is -2.04. The fourth-order valence-electron chi connectivity index (χ4n) is 2.46. The minimum Gasteiger partial charge on any atom is -0.493 e. The van der Waals surface area contributed by atoms with Crippen LogP contribution in [0.2, 0.25) is 0 Å². The van der Waals surface area contributed by atoms with E-state index >= 15 is 0 Å². The summed E-state index contributed by atoms with van der Waals surface area (Å²) in [6.07, 6.45) is 0.927. The lowest BCUT2D eigenvalue weighted by atomic mass is 10.1. The van der Waals surface area contributed by atoms with E-state index in [9.17, 15) is 9.59 Å². The van der Waals surface area contributed by atoms with Gasteiger partial charge in [-0.05, 0) is 23.8 Å². The van der Waals surface area contributed by atoms with Crippen LogP contribution in [0.4, 0.5) is 5.69 Å². The number of carbonyl (C=O) groups excluding carboxylic acids is 1. The van der Waals surface area contributed by atoms with Gasteiger partial charge in [0, 0.05) is 25.1 Å². The second-order valence-corrected chi connectivity index (χ2v) is 4.63. The SMILES string of the molecule is O=C(O)C1CC(=O)N(c2ccc3c(c2)CCO3)C1. The van der Waals surface area contributed by atoms with Crippen LogP contribution in [0.5, 0.6) is 5.75 Å². The number of amides is 1. The van der Waals surface area contributed by atoms with Crippen LogP contribution in [0.25, 0.3) is 0 Å². The van der Waals surface area contributed by atoms with Gasteiger partial charge in [0.05, 0.1) is 12.5 Å². The molecule has 3 rings (SSSR count). The molecular formula is C13H13NO4. The normalized spacial score (nSPS) is 21.9. The Morgan fingerprint density at radius 2 is 2.28 bits per heavy atom. The summed E-state index contributed by atoms with van der Waals surface area (Å²) < 4.78 is 5.40. The van der Waals surface area contributed by atoms with Crippen LogP contribution >= 0.6 is 0 Å². The molecule has 2 heterocycles. The number of carbonyl (C=O) groups is 2. The summed E-state index contributed by atoms with van der Waals surface area (Å²) in [7, 11) is 0. The highest BCUT2D eigenvalue weighted by Gasteiger charge is 2.35. The van der Waals surface area contributed by atoms with Gasteiger partial charge < -0.3 is 14.7 Å². The highest BCUT2D eigenvalue weighted by molar-refractivity contribution is 5.99. The van der Waals surface area contributed by atoms with Gasteiger partial charge in [-0.3, -0.25) is 9.59 Å². The van der Waals surface area contributed by atoms with Crippen molar-refractivity contribution in [3.8, 4) is 5.75 Å². The Balaban J connectivity index is 1.87. The summed E-state index contributed by atoms with van der Waals surface area (Å²) >= 11 is 0. The lowest BCUT2D eigenvalue weighted by Gasteiger charge is -2.16. The molecule has 0 spiro atoms. The first-order chi connectivity index (χ1) is 8.65. The molecule has 2 aliphatic rings. The van der Waals surface area contributed by atoms with Gasteiger partial charge in [-0.25, -0.2) is 0 Å². The number of ether oxygens (including phenoxy) is 1. The zero-order valence-electron chi connectivity index (χ0n) is 9.76. The number of anilines is 1. The number of hydrogen-bond acceptors (Lipinski definition) is 3. The van der Waals surface area contributed by atoms with Crippen molar-refractivity contribution in [1.82, 2.24) is 0 Å². The van der Waals surface area contributed by atoms with E-state index in [1.165, 1.54) is 0 Å². The van der Waals surface area contributed by atoms with E-state index in [4.69, 9.17) is 9.84 Å². The van der Waals surface area contributed by atoms with Crippen molar-refractivity contribution >= 4 is 17.6 Å². The Kier molecular flexibility index (Phi) is 2.47. The molecule has 0 radical (unpaired) electrons. The first-order valence-corrected chi connectivity index (χ1v) is 5.94. The number of fused-ring (bicyclic) bond motifs is 1. The monoisotopic (exact) mass is 247 g/mol. The van der Waals surface area contributed by atoms with Crippen LogP contribution in [0.1, 0.15) is 12.0 Å². The van der Waals surface area contributed by atoms with Crippen molar-refractivity contribution < 1.29 is 19.4 Å². The Bertz CT molecular complexity index is 526. The number of hydrogen-bond donors (Lipinski definition) is 1. The zero-order chi connectivity index (χ0) is 12.7. The average Bonchev–Trinajstić information content (AvgIpc) is 2.93. The summed E-state index contributed by atoms with van der Waals surface area (Å²) in [5.41, 5.74) is 1.85. The quantitative estimate of drug-likeness (QED) is 0.848. The van der Waals surface area contributed by atoms with E-state index < -0.39 is 11.9 Å². The average molecular weight is 247 g/mol. The minimum absolute atomic E-state index is 0.0862. The maximum Gasteiger partial charge on any atom is 0.308 e. The van der Waals surface area contributed by atoms with Gasteiger partial charge in [0.25, 0.3) is 0 Å². The van der Waals surface area contributed by atoms with E-state index in [1.807, 2.05) is 18.2 Å². The van der Waals surface area contributed by atoms with Gasteiger partial charge in [0.2, 0.25) is 5.91 Å². The molecule has 1 N–H and O–H groups in total. The van der Waals surface area contributed by atoms with Crippen molar-refractivity contribution in [1.29, 1.82) is 0 Å². The van der Waals surface area contributed by atoms with Crippen LogP contribution in [-0.4, -0.2) is 30.1 Å². The van der Waals surface area contributed by atoms with Gasteiger partial charge in [0.15, 0.2) is 0 Å². The van der Waals surface area contributed by atoms with Crippen molar-refractivity contribution in [2.24, 2.45) is 5.92 Å². The van der Waals surface area contributed by atoms with Crippen LogP contribution in [0.3, 0.4) is 0 Å². The third-order valence-electron chi connectivity index (χ3n) is 3.46. The van der Waals surface area contributed by atoms with Gasteiger partial charge >= 0.3 is 5.97 Å². The van der Waals surface area contributed by atoms with Gasteiger partial charge in [-0.15, -0.1) is 0 Å². The predicted molar refractivity (Wildman–Crippen MR) is 63.7 cm³/mol.